The van der Waals surface area contributed by atoms with Gasteiger partial charge in [-0.05, 0) is 42.8 Å². The molecule has 3 N–H and O–H groups in total. The van der Waals surface area contributed by atoms with E-state index in [1.54, 1.807) is 12.1 Å². The fourth-order valence-electron chi connectivity index (χ4n) is 2.05. The van der Waals surface area contributed by atoms with Crippen LogP contribution in [-0.2, 0) is 0 Å². The van der Waals surface area contributed by atoms with Crippen molar-refractivity contribution in [3.8, 4) is 5.75 Å². The Bertz CT molecular complexity index is 592. The first kappa shape index (κ1) is 15.0. The Hall–Kier alpha value is -1.43. The predicted molar refractivity (Wildman–Crippen MR) is 80.9 cm³/mol. The summed E-state index contributed by atoms with van der Waals surface area (Å²) in [5, 5.41) is 0. The smallest absolute Gasteiger partial charge is 0.128 e. The molecule has 3 nitrogen and oxygen atoms in total. The summed E-state index contributed by atoms with van der Waals surface area (Å²) in [6.07, 6.45) is 0. The van der Waals surface area contributed by atoms with Gasteiger partial charge in [-0.2, -0.15) is 0 Å². The molecular weight excluding hydrogens is 323 g/mol. The van der Waals surface area contributed by atoms with Crippen LogP contribution in [0.1, 0.15) is 24.1 Å². The highest BCUT2D eigenvalue weighted by molar-refractivity contribution is 9.10. The highest BCUT2D eigenvalue weighted by Crippen LogP contribution is 2.28. The average molecular weight is 339 g/mol. The third-order valence-electron chi connectivity index (χ3n) is 2.94. The van der Waals surface area contributed by atoms with Crippen LogP contribution in [0.5, 0.6) is 5.75 Å². The van der Waals surface area contributed by atoms with Gasteiger partial charge in [0.25, 0.3) is 0 Å². The Balaban J connectivity index is 2.41. The molecule has 0 bridgehead atoms. The van der Waals surface area contributed by atoms with Crippen LogP contribution in [0.4, 0.5) is 4.39 Å². The second kappa shape index (κ2) is 6.83. The van der Waals surface area contributed by atoms with E-state index in [1.807, 2.05) is 31.2 Å². The summed E-state index contributed by atoms with van der Waals surface area (Å²) in [5.41, 5.74) is 3.98. The second-order valence-electron chi connectivity index (χ2n) is 4.27. The van der Waals surface area contributed by atoms with Crippen LogP contribution in [0.3, 0.4) is 0 Å². The van der Waals surface area contributed by atoms with Gasteiger partial charge in [-0.15, -0.1) is 0 Å². The molecule has 0 fully saturated rings. The Morgan fingerprint density at radius 2 is 2.10 bits per heavy atom. The molecule has 0 saturated carbocycles. The van der Waals surface area contributed by atoms with Crippen LogP contribution in [0.15, 0.2) is 46.9 Å². The third-order valence-corrected chi connectivity index (χ3v) is 3.43. The van der Waals surface area contributed by atoms with Crippen LogP contribution < -0.4 is 16.0 Å². The fraction of sp³-hybridized carbons (Fsp3) is 0.200. The van der Waals surface area contributed by atoms with Crippen LogP contribution in [-0.4, -0.2) is 6.61 Å². The summed E-state index contributed by atoms with van der Waals surface area (Å²) in [6, 6.07) is 11.8. The van der Waals surface area contributed by atoms with E-state index in [4.69, 9.17) is 10.6 Å². The number of nitrogens with one attached hydrogen (secondary N) is 1. The maximum atomic E-state index is 14.0. The normalized spacial score (nSPS) is 12.2. The molecule has 0 heterocycles. The first-order chi connectivity index (χ1) is 9.65. The number of nitrogens with two attached hydrogens (primary N) is 1. The van der Waals surface area contributed by atoms with Gasteiger partial charge in [-0.3, -0.25) is 5.84 Å². The van der Waals surface area contributed by atoms with Crippen molar-refractivity contribution in [2.45, 2.75) is 13.0 Å². The molecule has 2 aromatic carbocycles. The molecule has 2 aromatic rings. The van der Waals surface area contributed by atoms with Crippen LogP contribution in [0, 0.1) is 5.82 Å². The van der Waals surface area contributed by atoms with Gasteiger partial charge in [0, 0.05) is 10.0 Å². The van der Waals surface area contributed by atoms with Gasteiger partial charge in [0.2, 0.25) is 0 Å². The van der Waals surface area contributed by atoms with Gasteiger partial charge in [0.05, 0.1) is 12.6 Å². The van der Waals surface area contributed by atoms with E-state index in [2.05, 4.69) is 21.4 Å². The van der Waals surface area contributed by atoms with Crippen molar-refractivity contribution in [1.29, 1.82) is 0 Å². The first-order valence-electron chi connectivity index (χ1n) is 6.29. The molecule has 1 unspecified atom stereocenters. The minimum absolute atomic E-state index is 0.307. The summed E-state index contributed by atoms with van der Waals surface area (Å²) in [6.45, 7) is 2.49. The van der Waals surface area contributed by atoms with E-state index in [0.717, 1.165) is 15.8 Å². The quantitative estimate of drug-likeness (QED) is 0.647. The number of rotatable bonds is 5. The zero-order valence-corrected chi connectivity index (χ0v) is 12.7. The van der Waals surface area contributed by atoms with Crippen molar-refractivity contribution in [3.05, 3.63) is 63.9 Å². The number of benzene rings is 2. The van der Waals surface area contributed by atoms with Gasteiger partial charge < -0.3 is 4.74 Å². The van der Waals surface area contributed by atoms with E-state index >= 15 is 0 Å². The maximum Gasteiger partial charge on any atom is 0.128 e. The Labute approximate surface area is 126 Å². The molecule has 0 aliphatic carbocycles. The lowest BCUT2D eigenvalue weighted by molar-refractivity contribution is 0.339. The minimum atomic E-state index is -0.437. The molecule has 0 amide bonds. The number of hydrogen-bond donors (Lipinski definition) is 2. The molecule has 5 heteroatoms. The van der Waals surface area contributed by atoms with Gasteiger partial charge in [-0.25, -0.2) is 9.82 Å². The van der Waals surface area contributed by atoms with Gasteiger partial charge in [0.1, 0.15) is 11.6 Å². The molecule has 0 saturated heterocycles. The largest absolute Gasteiger partial charge is 0.494 e. The van der Waals surface area contributed by atoms with Crippen molar-refractivity contribution in [3.63, 3.8) is 0 Å². The highest BCUT2D eigenvalue weighted by atomic mass is 79.9. The van der Waals surface area contributed by atoms with E-state index in [9.17, 15) is 4.39 Å². The number of hydrogen-bond acceptors (Lipinski definition) is 3. The monoisotopic (exact) mass is 338 g/mol. The molecule has 0 aliphatic heterocycles. The first-order valence-corrected chi connectivity index (χ1v) is 7.08. The van der Waals surface area contributed by atoms with E-state index in [1.165, 1.54) is 6.07 Å². The Morgan fingerprint density at radius 3 is 2.80 bits per heavy atom. The van der Waals surface area contributed by atoms with Crippen LogP contribution in [0.25, 0.3) is 0 Å². The van der Waals surface area contributed by atoms with E-state index in [-0.39, 0.29) is 5.82 Å². The van der Waals surface area contributed by atoms with Gasteiger partial charge >= 0.3 is 0 Å². The number of hydrazine groups is 1. The highest BCUT2D eigenvalue weighted by Gasteiger charge is 2.17. The lowest BCUT2D eigenvalue weighted by Crippen LogP contribution is -2.29. The molecule has 1 atom stereocenters. The summed E-state index contributed by atoms with van der Waals surface area (Å²) < 4.78 is 20.3. The minimum Gasteiger partial charge on any atom is -0.494 e. The predicted octanol–water partition coefficient (Wildman–Crippen LogP) is 3.54. The lowest BCUT2D eigenvalue weighted by Gasteiger charge is -2.18. The van der Waals surface area contributed by atoms with Gasteiger partial charge in [-0.1, -0.05) is 28.1 Å². The van der Waals surface area contributed by atoms with Crippen molar-refractivity contribution >= 4 is 15.9 Å². The molecular formula is C15H16BrFN2O. The molecule has 106 valence electrons. The SMILES string of the molecule is CCOc1cccc(C(NN)c2cc(Br)ccc2F)c1. The zero-order chi connectivity index (χ0) is 14.5. The van der Waals surface area contributed by atoms with Crippen molar-refractivity contribution < 1.29 is 9.13 Å². The van der Waals surface area contributed by atoms with Crippen LogP contribution in [0.2, 0.25) is 0 Å². The van der Waals surface area contributed by atoms with Crippen molar-refractivity contribution in [1.82, 2.24) is 5.43 Å². The summed E-state index contributed by atoms with van der Waals surface area (Å²) >= 11 is 3.35. The van der Waals surface area contributed by atoms with Gasteiger partial charge in [0.15, 0.2) is 0 Å². The molecule has 0 spiro atoms. The summed E-state index contributed by atoms with van der Waals surface area (Å²) in [4.78, 5) is 0. The third kappa shape index (κ3) is 3.36. The average Bonchev–Trinajstić information content (AvgIpc) is 2.44. The standard InChI is InChI=1S/C15H16BrFN2O/c1-2-20-12-5-3-4-10(8-12)15(19-18)13-9-11(16)6-7-14(13)17/h3-9,15,19H,2,18H2,1H3. The molecule has 2 rings (SSSR count). The molecule has 0 aromatic heterocycles. The molecule has 0 radical (unpaired) electrons. The van der Waals surface area contributed by atoms with E-state index < -0.39 is 6.04 Å². The fourth-order valence-corrected chi connectivity index (χ4v) is 2.43. The molecule has 20 heavy (non-hydrogen) atoms. The van der Waals surface area contributed by atoms with Crippen LogP contribution >= 0.6 is 15.9 Å². The Kier molecular flexibility index (Phi) is 5.11. The van der Waals surface area contributed by atoms with Crippen molar-refractivity contribution in [2.75, 3.05) is 6.61 Å². The number of ether oxygens (including phenoxy) is 1. The second-order valence-corrected chi connectivity index (χ2v) is 5.19. The zero-order valence-electron chi connectivity index (χ0n) is 11.1. The summed E-state index contributed by atoms with van der Waals surface area (Å²) in [5.74, 6) is 6.04. The Morgan fingerprint density at radius 1 is 1.30 bits per heavy atom. The molecule has 0 aliphatic rings. The maximum absolute atomic E-state index is 14.0. The topological polar surface area (TPSA) is 47.3 Å². The lowest BCUT2D eigenvalue weighted by atomic mass is 9.98. The number of halogens is 2. The van der Waals surface area contributed by atoms with Crippen molar-refractivity contribution in [2.24, 2.45) is 5.84 Å². The summed E-state index contributed by atoms with van der Waals surface area (Å²) in [7, 11) is 0. The van der Waals surface area contributed by atoms with E-state index in [0.29, 0.717) is 12.2 Å².